The van der Waals surface area contributed by atoms with Crippen LogP contribution >= 0.6 is 23.5 Å². The number of hydrogen-bond acceptors (Lipinski definition) is 10. The highest BCUT2D eigenvalue weighted by molar-refractivity contribution is 8.01. The number of nitrogens with zero attached hydrogens (tertiary/aromatic N) is 5. The van der Waals surface area contributed by atoms with Gasteiger partial charge in [-0.25, -0.2) is 9.48 Å². The average Bonchev–Trinajstić information content (AvgIpc) is 3.26. The van der Waals surface area contributed by atoms with Crippen LogP contribution in [0.2, 0.25) is 0 Å². The molecule has 0 radical (unpaired) electrons. The predicted molar refractivity (Wildman–Crippen MR) is 124 cm³/mol. The number of carbonyl (C=O) groups is 4. The number of aromatic nitrogens is 4. The Morgan fingerprint density at radius 1 is 1.23 bits per heavy atom. The molecular weight excluding hydrogens is 498 g/mol. The van der Waals surface area contributed by atoms with Crippen LogP contribution < -0.4 is 11.1 Å². The van der Waals surface area contributed by atoms with E-state index in [9.17, 15) is 24.3 Å². The van der Waals surface area contributed by atoms with E-state index in [1.807, 2.05) is 12.1 Å². The van der Waals surface area contributed by atoms with E-state index < -0.39 is 35.8 Å². The molecule has 1 fully saturated rings. The highest BCUT2D eigenvalue weighted by Crippen LogP contribution is 2.41. The summed E-state index contributed by atoms with van der Waals surface area (Å²) in [6.45, 7) is -0.146. The van der Waals surface area contributed by atoms with E-state index in [2.05, 4.69) is 20.8 Å². The largest absolute Gasteiger partial charge is 0.480 e. The fraction of sp³-hybridized carbons (Fsp3) is 0.350. The maximum atomic E-state index is 12.8. The summed E-state index contributed by atoms with van der Waals surface area (Å²) in [6, 6.07) is 6.44. The molecule has 2 aromatic rings. The zero-order chi connectivity index (χ0) is 25.1. The number of fused-ring (bicyclic) bond motifs is 1. The maximum absolute atomic E-state index is 12.8. The summed E-state index contributed by atoms with van der Waals surface area (Å²) in [4.78, 5) is 49.6. The van der Waals surface area contributed by atoms with Gasteiger partial charge in [-0.1, -0.05) is 36.0 Å². The molecule has 1 aromatic heterocycles. The van der Waals surface area contributed by atoms with Gasteiger partial charge in [-0.3, -0.25) is 19.3 Å². The molecule has 2 atom stereocenters. The van der Waals surface area contributed by atoms with Gasteiger partial charge < -0.3 is 21.3 Å². The van der Waals surface area contributed by atoms with E-state index in [0.29, 0.717) is 11.3 Å². The van der Waals surface area contributed by atoms with Crippen molar-refractivity contribution in [2.24, 2.45) is 5.73 Å². The Labute approximate surface area is 207 Å². The number of carboxylic acid groups (broad SMARTS) is 2. The van der Waals surface area contributed by atoms with Crippen molar-refractivity contribution in [3.8, 4) is 0 Å². The molecule has 184 valence electrons. The SMILES string of the molecule is NCc1ccccc1CC(=O)N[C@@H]1C(=O)N2C(C(=O)O)=C(CSc3nnnn3CC(=O)O)CS[C@H]12. The van der Waals surface area contributed by atoms with E-state index >= 15 is 0 Å². The highest BCUT2D eigenvalue weighted by Gasteiger charge is 2.54. The molecule has 4 rings (SSSR count). The van der Waals surface area contributed by atoms with Crippen LogP contribution in [-0.2, 0) is 38.7 Å². The number of amides is 2. The van der Waals surface area contributed by atoms with Crippen molar-refractivity contribution in [1.29, 1.82) is 0 Å². The number of aliphatic carboxylic acids is 2. The zero-order valence-electron chi connectivity index (χ0n) is 18.2. The minimum absolute atomic E-state index is 0.0586. The minimum atomic E-state index is -1.26. The first-order chi connectivity index (χ1) is 16.8. The van der Waals surface area contributed by atoms with Crippen molar-refractivity contribution >= 4 is 47.3 Å². The van der Waals surface area contributed by atoms with E-state index in [1.54, 1.807) is 12.1 Å². The Morgan fingerprint density at radius 2 is 1.97 bits per heavy atom. The number of benzene rings is 1. The van der Waals surface area contributed by atoms with Crippen LogP contribution in [0.25, 0.3) is 0 Å². The van der Waals surface area contributed by atoms with Gasteiger partial charge in [0.05, 0.1) is 6.42 Å². The molecular formula is C20H21N7O6S2. The van der Waals surface area contributed by atoms with Crippen LogP contribution in [0.5, 0.6) is 0 Å². The monoisotopic (exact) mass is 519 g/mol. The van der Waals surface area contributed by atoms with E-state index in [1.165, 1.54) is 16.7 Å². The number of carboxylic acids is 2. The first-order valence-electron chi connectivity index (χ1n) is 10.4. The molecule has 2 amide bonds. The molecule has 1 saturated heterocycles. The molecule has 35 heavy (non-hydrogen) atoms. The molecule has 0 bridgehead atoms. The first kappa shape index (κ1) is 24.7. The lowest BCUT2D eigenvalue weighted by atomic mass is 10.0. The highest BCUT2D eigenvalue weighted by atomic mass is 32.2. The number of rotatable bonds is 10. The Balaban J connectivity index is 1.43. The second kappa shape index (κ2) is 10.5. The molecule has 15 heteroatoms. The van der Waals surface area contributed by atoms with Crippen molar-refractivity contribution in [2.45, 2.75) is 36.1 Å². The second-order valence-corrected chi connectivity index (χ2v) is 9.71. The lowest BCUT2D eigenvalue weighted by Gasteiger charge is -2.49. The maximum Gasteiger partial charge on any atom is 0.352 e. The van der Waals surface area contributed by atoms with Crippen LogP contribution in [0.4, 0.5) is 0 Å². The third-order valence-electron chi connectivity index (χ3n) is 5.42. The average molecular weight is 520 g/mol. The fourth-order valence-electron chi connectivity index (χ4n) is 3.80. The fourth-order valence-corrected chi connectivity index (χ4v) is 6.16. The van der Waals surface area contributed by atoms with Crippen molar-refractivity contribution in [3.05, 3.63) is 46.7 Å². The number of nitrogens with one attached hydrogen (secondary N) is 1. The van der Waals surface area contributed by atoms with Crippen LogP contribution in [0.3, 0.4) is 0 Å². The summed E-state index contributed by atoms with van der Waals surface area (Å²) >= 11 is 2.42. The number of hydrogen-bond donors (Lipinski definition) is 4. The molecule has 0 unspecified atom stereocenters. The van der Waals surface area contributed by atoms with E-state index in [-0.39, 0.29) is 35.5 Å². The standard InChI is InChI=1S/C20H21N7O6S2/c21-6-11-4-2-1-3-10(11)5-13(28)22-15-17(31)27-16(19(32)33)12(8-34-18(15)27)9-35-20-23-24-25-26(20)7-14(29)30/h1-4,15,18H,5-9,21H2,(H,22,28)(H,29,30)(H,32,33)/t15-,18-/m1/s1. The van der Waals surface area contributed by atoms with Crippen LogP contribution in [0.1, 0.15) is 11.1 Å². The van der Waals surface area contributed by atoms with Gasteiger partial charge in [0, 0.05) is 18.1 Å². The molecule has 0 spiro atoms. The zero-order valence-corrected chi connectivity index (χ0v) is 19.8. The Kier molecular flexibility index (Phi) is 7.37. The summed E-state index contributed by atoms with van der Waals surface area (Å²) < 4.78 is 1.09. The second-order valence-electron chi connectivity index (χ2n) is 7.66. The molecule has 2 aliphatic rings. The van der Waals surface area contributed by atoms with Crippen LogP contribution in [0.15, 0.2) is 40.7 Å². The Hall–Kier alpha value is -3.43. The summed E-state index contributed by atoms with van der Waals surface area (Å²) in [6.07, 6.45) is 0.0586. The molecule has 3 heterocycles. The minimum Gasteiger partial charge on any atom is -0.480 e. The molecule has 13 nitrogen and oxygen atoms in total. The van der Waals surface area contributed by atoms with Crippen LogP contribution in [-0.4, -0.2) is 82.0 Å². The van der Waals surface area contributed by atoms with Gasteiger partial charge in [0.1, 0.15) is 23.7 Å². The van der Waals surface area contributed by atoms with Gasteiger partial charge in [-0.05, 0) is 27.1 Å². The number of nitrogens with two attached hydrogens (primary N) is 1. The smallest absolute Gasteiger partial charge is 0.352 e. The Morgan fingerprint density at radius 3 is 2.66 bits per heavy atom. The lowest BCUT2D eigenvalue weighted by Crippen LogP contribution is -2.70. The van der Waals surface area contributed by atoms with Crippen LogP contribution in [0, 0.1) is 0 Å². The lowest BCUT2D eigenvalue weighted by molar-refractivity contribution is -0.150. The van der Waals surface area contributed by atoms with Gasteiger partial charge in [-0.15, -0.1) is 16.9 Å². The molecule has 2 aliphatic heterocycles. The van der Waals surface area contributed by atoms with Gasteiger partial charge in [0.15, 0.2) is 0 Å². The normalized spacial score (nSPS) is 19.2. The van der Waals surface area contributed by atoms with Crippen molar-refractivity contribution in [3.63, 3.8) is 0 Å². The van der Waals surface area contributed by atoms with Gasteiger partial charge in [0.2, 0.25) is 11.1 Å². The summed E-state index contributed by atoms with van der Waals surface area (Å²) in [5, 5.41) is 32.0. The van der Waals surface area contributed by atoms with Crippen molar-refractivity contribution in [2.75, 3.05) is 11.5 Å². The third kappa shape index (κ3) is 5.16. The number of β-lactam (4-membered cyclic amide) rings is 1. The molecule has 0 aliphatic carbocycles. The van der Waals surface area contributed by atoms with Gasteiger partial charge in [-0.2, -0.15) is 0 Å². The molecule has 1 aromatic carbocycles. The molecule has 0 saturated carbocycles. The molecule has 5 N–H and O–H groups in total. The predicted octanol–water partition coefficient (Wildman–Crippen LogP) is -0.710. The summed E-state index contributed by atoms with van der Waals surface area (Å²) in [5.74, 6) is -2.77. The van der Waals surface area contributed by atoms with E-state index in [4.69, 9.17) is 10.8 Å². The number of tetrazole rings is 1. The van der Waals surface area contributed by atoms with Gasteiger partial charge in [0.25, 0.3) is 5.91 Å². The van der Waals surface area contributed by atoms with Crippen molar-refractivity contribution in [1.82, 2.24) is 30.4 Å². The Bertz CT molecular complexity index is 1220. The summed E-state index contributed by atoms with van der Waals surface area (Å²) in [5.41, 5.74) is 7.66. The van der Waals surface area contributed by atoms with E-state index in [0.717, 1.165) is 27.6 Å². The topological polar surface area (TPSA) is 194 Å². The number of thioether (sulfide) groups is 2. The quantitative estimate of drug-likeness (QED) is 0.228. The third-order valence-corrected chi connectivity index (χ3v) is 7.80. The number of carbonyl (C=O) groups excluding carboxylic acids is 2. The van der Waals surface area contributed by atoms with Crippen molar-refractivity contribution < 1.29 is 29.4 Å². The first-order valence-corrected chi connectivity index (χ1v) is 12.4. The summed E-state index contributed by atoms with van der Waals surface area (Å²) in [7, 11) is 0. The van der Waals surface area contributed by atoms with Gasteiger partial charge >= 0.3 is 11.9 Å².